The van der Waals surface area contributed by atoms with Crippen molar-refractivity contribution in [2.24, 2.45) is 11.7 Å². The first kappa shape index (κ1) is 13.9. The molecule has 0 aliphatic carbocycles. The second-order valence-electron chi connectivity index (χ2n) is 4.65. The largest absolute Gasteiger partial charge is 0.370 e. The number of hydrogen-bond donors (Lipinski definition) is 2. The zero-order valence-corrected chi connectivity index (χ0v) is 10.5. The van der Waals surface area contributed by atoms with E-state index in [4.69, 9.17) is 11.0 Å². The fraction of sp³-hybridized carbons (Fsp3) is 0.833. The summed E-state index contributed by atoms with van der Waals surface area (Å²) in [4.78, 5) is 13.1. The van der Waals surface area contributed by atoms with Crippen LogP contribution in [0.5, 0.6) is 0 Å². The standard InChI is InChI=1S/C12H22N4O/c1-2-15-11(8-13)9-16-5-3-10(4-6-16)7-12(14)17/h10-11,15H,2-7,9H2,1H3,(H2,14,17). The van der Waals surface area contributed by atoms with Crippen molar-refractivity contribution in [3.8, 4) is 6.07 Å². The van der Waals surface area contributed by atoms with E-state index in [1.54, 1.807) is 0 Å². The predicted octanol–water partition coefficient (Wildman–Crippen LogP) is 0.0755. The molecule has 5 heteroatoms. The van der Waals surface area contributed by atoms with Gasteiger partial charge in [-0.05, 0) is 38.4 Å². The van der Waals surface area contributed by atoms with Crippen molar-refractivity contribution in [3.05, 3.63) is 0 Å². The zero-order valence-electron chi connectivity index (χ0n) is 10.5. The average molecular weight is 238 g/mol. The summed E-state index contributed by atoms with van der Waals surface area (Å²) in [5.74, 6) is 0.231. The Morgan fingerprint density at radius 3 is 2.71 bits per heavy atom. The summed E-state index contributed by atoms with van der Waals surface area (Å²) in [6, 6.07) is 2.18. The van der Waals surface area contributed by atoms with E-state index < -0.39 is 0 Å². The molecule has 1 saturated heterocycles. The maximum atomic E-state index is 10.8. The fourth-order valence-corrected chi connectivity index (χ4v) is 2.31. The Morgan fingerprint density at radius 1 is 1.59 bits per heavy atom. The van der Waals surface area contributed by atoms with Gasteiger partial charge in [-0.3, -0.25) is 4.79 Å². The average Bonchev–Trinajstić information content (AvgIpc) is 2.30. The van der Waals surface area contributed by atoms with Crippen LogP contribution >= 0.6 is 0 Å². The number of nitriles is 1. The minimum absolute atomic E-state index is 0.0901. The van der Waals surface area contributed by atoms with Crippen molar-refractivity contribution in [2.75, 3.05) is 26.2 Å². The number of hydrogen-bond acceptors (Lipinski definition) is 4. The van der Waals surface area contributed by atoms with Gasteiger partial charge in [-0.1, -0.05) is 6.92 Å². The summed E-state index contributed by atoms with van der Waals surface area (Å²) < 4.78 is 0. The van der Waals surface area contributed by atoms with Gasteiger partial charge in [-0.2, -0.15) is 5.26 Å². The maximum absolute atomic E-state index is 10.8. The highest BCUT2D eigenvalue weighted by Crippen LogP contribution is 2.20. The lowest BCUT2D eigenvalue weighted by Gasteiger charge is -2.32. The van der Waals surface area contributed by atoms with E-state index in [1.165, 1.54) is 0 Å². The molecule has 0 bridgehead atoms. The number of likely N-dealkylation sites (N-methyl/N-ethyl adjacent to an activating group) is 1. The third-order valence-corrected chi connectivity index (χ3v) is 3.24. The van der Waals surface area contributed by atoms with E-state index >= 15 is 0 Å². The minimum Gasteiger partial charge on any atom is -0.370 e. The number of amides is 1. The minimum atomic E-state index is -0.203. The van der Waals surface area contributed by atoms with Gasteiger partial charge in [0.1, 0.15) is 6.04 Å². The third-order valence-electron chi connectivity index (χ3n) is 3.24. The second kappa shape index (κ2) is 7.25. The first-order valence-corrected chi connectivity index (χ1v) is 6.29. The van der Waals surface area contributed by atoms with Crippen molar-refractivity contribution in [2.45, 2.75) is 32.2 Å². The molecular formula is C12H22N4O. The van der Waals surface area contributed by atoms with E-state index in [0.29, 0.717) is 12.3 Å². The van der Waals surface area contributed by atoms with Gasteiger partial charge < -0.3 is 16.0 Å². The van der Waals surface area contributed by atoms with Gasteiger partial charge >= 0.3 is 0 Å². The Labute approximate surface area is 103 Å². The van der Waals surface area contributed by atoms with E-state index in [1.807, 2.05) is 6.92 Å². The van der Waals surface area contributed by atoms with Crippen LogP contribution in [0.25, 0.3) is 0 Å². The Kier molecular flexibility index (Phi) is 5.95. The molecule has 1 atom stereocenters. The normalized spacial score (nSPS) is 19.8. The number of rotatable bonds is 6. The van der Waals surface area contributed by atoms with Crippen LogP contribution in [0.1, 0.15) is 26.2 Å². The van der Waals surface area contributed by atoms with Crippen LogP contribution in [0, 0.1) is 17.2 Å². The number of piperidine rings is 1. The van der Waals surface area contributed by atoms with Crippen LogP contribution < -0.4 is 11.1 Å². The highest BCUT2D eigenvalue weighted by atomic mass is 16.1. The van der Waals surface area contributed by atoms with Crippen LogP contribution in [0.15, 0.2) is 0 Å². The van der Waals surface area contributed by atoms with Gasteiger partial charge in [-0.25, -0.2) is 0 Å². The molecule has 1 aliphatic heterocycles. The van der Waals surface area contributed by atoms with E-state index in [0.717, 1.165) is 39.0 Å². The second-order valence-corrected chi connectivity index (χ2v) is 4.65. The maximum Gasteiger partial charge on any atom is 0.217 e. The van der Waals surface area contributed by atoms with Crippen molar-refractivity contribution >= 4 is 5.91 Å². The molecule has 0 aromatic heterocycles. The Balaban J connectivity index is 2.27. The molecule has 96 valence electrons. The molecule has 1 rings (SSSR count). The van der Waals surface area contributed by atoms with Crippen LogP contribution in [0.2, 0.25) is 0 Å². The number of nitrogens with one attached hydrogen (secondary N) is 1. The lowest BCUT2D eigenvalue weighted by molar-refractivity contribution is -0.119. The molecule has 17 heavy (non-hydrogen) atoms. The van der Waals surface area contributed by atoms with E-state index in [9.17, 15) is 4.79 Å². The highest BCUT2D eigenvalue weighted by molar-refractivity contribution is 5.73. The van der Waals surface area contributed by atoms with Crippen LogP contribution in [-0.4, -0.2) is 43.0 Å². The van der Waals surface area contributed by atoms with E-state index in [2.05, 4.69) is 16.3 Å². The Bertz CT molecular complexity index is 279. The summed E-state index contributed by atoms with van der Waals surface area (Å²) in [5, 5.41) is 12.1. The van der Waals surface area contributed by atoms with Gasteiger partial charge in [0.25, 0.3) is 0 Å². The molecule has 1 amide bonds. The van der Waals surface area contributed by atoms with Crippen molar-refractivity contribution in [3.63, 3.8) is 0 Å². The first-order chi connectivity index (χ1) is 8.15. The number of carbonyl (C=O) groups is 1. The van der Waals surface area contributed by atoms with Gasteiger partial charge in [-0.15, -0.1) is 0 Å². The molecule has 1 unspecified atom stereocenters. The molecule has 0 aromatic rings. The van der Waals surface area contributed by atoms with Gasteiger partial charge in [0.15, 0.2) is 0 Å². The Morgan fingerprint density at radius 2 is 2.24 bits per heavy atom. The van der Waals surface area contributed by atoms with Crippen molar-refractivity contribution < 1.29 is 4.79 Å². The lowest BCUT2D eigenvalue weighted by Crippen LogP contribution is -2.44. The van der Waals surface area contributed by atoms with Crippen LogP contribution in [0.3, 0.4) is 0 Å². The molecule has 0 radical (unpaired) electrons. The number of nitrogens with two attached hydrogens (primary N) is 1. The first-order valence-electron chi connectivity index (χ1n) is 6.29. The summed E-state index contributed by atoms with van der Waals surface area (Å²) in [7, 11) is 0. The molecule has 1 aliphatic rings. The van der Waals surface area contributed by atoms with Gasteiger partial charge in [0.05, 0.1) is 6.07 Å². The molecule has 3 N–H and O–H groups in total. The lowest BCUT2D eigenvalue weighted by atomic mass is 9.93. The third kappa shape index (κ3) is 5.16. The quantitative estimate of drug-likeness (QED) is 0.686. The van der Waals surface area contributed by atoms with E-state index in [-0.39, 0.29) is 11.9 Å². The molecule has 1 fully saturated rings. The smallest absolute Gasteiger partial charge is 0.217 e. The molecule has 5 nitrogen and oxygen atoms in total. The molecule has 0 spiro atoms. The Hall–Kier alpha value is -1.12. The number of carbonyl (C=O) groups excluding carboxylic acids is 1. The topological polar surface area (TPSA) is 82.2 Å². The predicted molar refractivity (Wildman–Crippen MR) is 66.1 cm³/mol. The summed E-state index contributed by atoms with van der Waals surface area (Å²) >= 11 is 0. The monoisotopic (exact) mass is 238 g/mol. The number of likely N-dealkylation sites (tertiary alicyclic amines) is 1. The highest BCUT2D eigenvalue weighted by Gasteiger charge is 2.22. The number of nitrogens with zero attached hydrogens (tertiary/aromatic N) is 2. The molecule has 1 heterocycles. The van der Waals surface area contributed by atoms with Crippen LogP contribution in [0.4, 0.5) is 0 Å². The fourth-order valence-electron chi connectivity index (χ4n) is 2.31. The molecule has 0 saturated carbocycles. The summed E-state index contributed by atoms with van der Waals surface area (Å²) in [6.07, 6.45) is 2.52. The van der Waals surface area contributed by atoms with Crippen LogP contribution in [-0.2, 0) is 4.79 Å². The SMILES string of the molecule is CCNC(C#N)CN1CCC(CC(N)=O)CC1. The summed E-state index contributed by atoms with van der Waals surface area (Å²) in [5.41, 5.74) is 5.19. The van der Waals surface area contributed by atoms with Crippen molar-refractivity contribution in [1.29, 1.82) is 5.26 Å². The zero-order chi connectivity index (χ0) is 12.7. The molecular weight excluding hydrogens is 216 g/mol. The number of primary amides is 1. The van der Waals surface area contributed by atoms with Crippen molar-refractivity contribution in [1.82, 2.24) is 10.2 Å². The summed E-state index contributed by atoms with van der Waals surface area (Å²) in [6.45, 7) is 5.51. The van der Waals surface area contributed by atoms with Gasteiger partial charge in [0, 0.05) is 13.0 Å². The molecule has 0 aromatic carbocycles. The van der Waals surface area contributed by atoms with Gasteiger partial charge in [0.2, 0.25) is 5.91 Å².